The Kier molecular flexibility index (Phi) is 27.2. The van der Waals surface area contributed by atoms with Gasteiger partial charge in [0.15, 0.2) is 6.29 Å². The first kappa shape index (κ1) is 57.0. The number of hydrogen-bond donors (Lipinski definition) is 4. The Labute approximate surface area is 382 Å². The maximum atomic E-state index is 10.4. The van der Waals surface area contributed by atoms with Crippen molar-refractivity contribution in [1.29, 1.82) is 0 Å². The summed E-state index contributed by atoms with van der Waals surface area (Å²) in [5.41, 5.74) is 0.601. The van der Waals surface area contributed by atoms with Crippen LogP contribution in [0.2, 0.25) is 0 Å². The molecule has 1 aromatic heterocycles. The van der Waals surface area contributed by atoms with Crippen molar-refractivity contribution in [1.82, 2.24) is 15.0 Å². The van der Waals surface area contributed by atoms with Crippen LogP contribution in [0.4, 0.5) is 0 Å². The molecule has 1 aliphatic rings. The van der Waals surface area contributed by atoms with Crippen molar-refractivity contribution in [3.05, 3.63) is 11.9 Å². The molecule has 7 unspecified atom stereocenters. The third-order valence-corrected chi connectivity index (χ3v) is 13.5. The van der Waals surface area contributed by atoms with E-state index >= 15 is 0 Å². The Bertz CT molecular complexity index is 1270. The van der Waals surface area contributed by atoms with Crippen molar-refractivity contribution in [2.75, 3.05) is 6.61 Å². The summed E-state index contributed by atoms with van der Waals surface area (Å²) in [6.07, 6.45) is 13.8. The second-order valence-corrected chi connectivity index (χ2v) is 23.7. The lowest BCUT2D eigenvalue weighted by Crippen LogP contribution is -2.59. The molecule has 1 fully saturated rings. The predicted molar refractivity (Wildman–Crippen MR) is 257 cm³/mol. The molecule has 2 rings (SSSR count). The smallest absolute Gasteiger partial charge is 0.187 e. The molecule has 0 aromatic carbocycles. The molecule has 0 saturated carbocycles. The van der Waals surface area contributed by atoms with Crippen molar-refractivity contribution in [2.45, 2.75) is 238 Å². The van der Waals surface area contributed by atoms with E-state index in [0.29, 0.717) is 41.2 Å². The summed E-state index contributed by atoms with van der Waals surface area (Å²) < 4.78 is 13.3. The quantitative estimate of drug-likeness (QED) is 0.0549. The molecule has 1 aliphatic heterocycles. The van der Waals surface area contributed by atoms with E-state index in [-0.39, 0.29) is 6.61 Å². The number of rotatable bonds is 33. The molecule has 12 atom stereocenters. The van der Waals surface area contributed by atoms with Crippen LogP contribution in [-0.4, -0.2) is 72.7 Å². The van der Waals surface area contributed by atoms with Crippen LogP contribution in [-0.2, 0) is 22.6 Å². The van der Waals surface area contributed by atoms with Gasteiger partial charge in [0.25, 0.3) is 0 Å². The average molecular weight is 878 g/mol. The van der Waals surface area contributed by atoms with Gasteiger partial charge in [0.2, 0.25) is 0 Å². The Balaban J connectivity index is 2.29. The molecule has 0 radical (unpaired) electrons. The third kappa shape index (κ3) is 22.9. The summed E-state index contributed by atoms with van der Waals surface area (Å²) in [6.45, 7) is 36.6. The normalized spacial score (nSPS) is 23.6. The van der Waals surface area contributed by atoms with E-state index in [0.717, 1.165) is 60.3 Å². The standard InChI is InChI=1S/C53H103N3O6/c1-16-41(17-34(2)3)24-42(18-35(4)5)25-43(19-36(6)7)26-44(20-37(8)9)27-45(21-38(10)11)28-46(22-39(12)13)29-47(23-40(14)15)30-56-31-48(54-55-56)33-61-53-52(60)51(59)50(58)49(32-57)62-53/h31,34-47,49-53,57-60H,16-30,32-33H2,1-15H3/t41?,42?,43?,44?,45?,46?,47?,49-,50+,51+,52-,53-/m1/s1. The number of aromatic nitrogens is 3. The zero-order chi connectivity index (χ0) is 46.7. The maximum absolute atomic E-state index is 10.4. The molecular weight excluding hydrogens is 775 g/mol. The highest BCUT2D eigenvalue weighted by Crippen LogP contribution is 2.41. The molecule has 2 heterocycles. The second-order valence-electron chi connectivity index (χ2n) is 23.7. The van der Waals surface area contributed by atoms with Crippen LogP contribution in [0, 0.1) is 82.9 Å². The second kappa shape index (κ2) is 29.5. The molecule has 9 heteroatoms. The van der Waals surface area contributed by atoms with E-state index in [4.69, 9.17) is 9.47 Å². The van der Waals surface area contributed by atoms with Gasteiger partial charge in [-0.15, -0.1) is 5.10 Å². The van der Waals surface area contributed by atoms with Crippen LogP contribution in [0.15, 0.2) is 6.20 Å². The van der Waals surface area contributed by atoms with Crippen LogP contribution >= 0.6 is 0 Å². The summed E-state index contributed by atoms with van der Waals surface area (Å²) in [5, 5.41) is 49.3. The molecule has 0 spiro atoms. The molecule has 1 saturated heterocycles. The van der Waals surface area contributed by atoms with E-state index in [1.807, 2.05) is 10.9 Å². The van der Waals surface area contributed by atoms with Gasteiger partial charge in [-0.2, -0.15) is 0 Å². The van der Waals surface area contributed by atoms with E-state index < -0.39 is 37.3 Å². The number of aliphatic hydroxyl groups is 4. The monoisotopic (exact) mass is 878 g/mol. The highest BCUT2D eigenvalue weighted by Gasteiger charge is 2.44. The lowest BCUT2D eigenvalue weighted by molar-refractivity contribution is -0.304. The number of aliphatic hydroxyl groups excluding tert-OH is 4. The Morgan fingerprint density at radius 1 is 0.516 bits per heavy atom. The van der Waals surface area contributed by atoms with Crippen molar-refractivity contribution in [3.63, 3.8) is 0 Å². The van der Waals surface area contributed by atoms with Crippen LogP contribution in [0.5, 0.6) is 0 Å². The Hall–Kier alpha value is -1.10. The SMILES string of the molecule is CCC(CC(C)C)CC(CC(C)C)CC(CC(C)C)CC(CC(C)C)CC(CC(C)C)CC(CC(C)C)CC(CC(C)C)Cn1cc(CO[C@@H]2O[C@H](CO)[C@H](O)[C@H](O)[C@H]2O)nn1. The van der Waals surface area contributed by atoms with Crippen LogP contribution < -0.4 is 0 Å². The molecule has 1 aromatic rings. The Morgan fingerprint density at radius 3 is 1.24 bits per heavy atom. The number of ether oxygens (including phenoxy) is 2. The molecule has 0 bridgehead atoms. The largest absolute Gasteiger partial charge is 0.394 e. The van der Waals surface area contributed by atoms with Crippen LogP contribution in [0.25, 0.3) is 0 Å². The number of nitrogens with zero attached hydrogens (tertiary/aromatic N) is 3. The van der Waals surface area contributed by atoms with Crippen molar-refractivity contribution < 1.29 is 29.9 Å². The van der Waals surface area contributed by atoms with Gasteiger partial charge < -0.3 is 29.9 Å². The minimum atomic E-state index is -1.48. The van der Waals surface area contributed by atoms with Crippen molar-refractivity contribution >= 4 is 0 Å². The molecular formula is C53H103N3O6. The van der Waals surface area contributed by atoms with Crippen LogP contribution in [0.1, 0.15) is 199 Å². The van der Waals surface area contributed by atoms with Crippen molar-refractivity contribution in [2.24, 2.45) is 82.9 Å². The first-order valence-electron chi connectivity index (χ1n) is 25.9. The zero-order valence-corrected chi connectivity index (χ0v) is 43.0. The average Bonchev–Trinajstić information content (AvgIpc) is 3.58. The van der Waals surface area contributed by atoms with Gasteiger partial charge in [0.05, 0.1) is 19.4 Å². The highest BCUT2D eigenvalue weighted by atomic mass is 16.7. The van der Waals surface area contributed by atoms with E-state index in [9.17, 15) is 20.4 Å². The van der Waals surface area contributed by atoms with Gasteiger partial charge in [0.1, 0.15) is 30.1 Å². The van der Waals surface area contributed by atoms with E-state index in [2.05, 4.69) is 114 Å². The first-order chi connectivity index (χ1) is 29.1. The topological polar surface area (TPSA) is 130 Å². The fourth-order valence-corrected chi connectivity index (χ4v) is 11.7. The molecule has 9 nitrogen and oxygen atoms in total. The van der Waals surface area contributed by atoms with E-state index in [1.165, 1.54) is 83.5 Å². The summed E-state index contributed by atoms with van der Waals surface area (Å²) in [4.78, 5) is 0. The highest BCUT2D eigenvalue weighted by molar-refractivity contribution is 4.93. The lowest BCUT2D eigenvalue weighted by atomic mass is 9.71. The van der Waals surface area contributed by atoms with Crippen molar-refractivity contribution in [3.8, 4) is 0 Å². The molecule has 62 heavy (non-hydrogen) atoms. The number of hydrogen-bond acceptors (Lipinski definition) is 8. The van der Waals surface area contributed by atoms with Gasteiger partial charge >= 0.3 is 0 Å². The summed E-state index contributed by atoms with van der Waals surface area (Å²) in [6, 6.07) is 0. The fourth-order valence-electron chi connectivity index (χ4n) is 11.7. The minimum Gasteiger partial charge on any atom is -0.394 e. The third-order valence-electron chi connectivity index (χ3n) is 13.5. The summed E-state index contributed by atoms with van der Waals surface area (Å²) in [5.74, 6) is 9.93. The van der Waals surface area contributed by atoms with Gasteiger partial charge in [-0.3, -0.25) is 4.68 Å². The maximum Gasteiger partial charge on any atom is 0.187 e. The molecule has 0 aliphatic carbocycles. The lowest BCUT2D eigenvalue weighted by Gasteiger charge is -2.39. The Morgan fingerprint density at radius 2 is 0.871 bits per heavy atom. The molecule has 4 N–H and O–H groups in total. The minimum absolute atomic E-state index is 0.0236. The molecule has 366 valence electrons. The summed E-state index contributed by atoms with van der Waals surface area (Å²) in [7, 11) is 0. The van der Waals surface area contributed by atoms with E-state index in [1.54, 1.807) is 0 Å². The van der Waals surface area contributed by atoms with Gasteiger partial charge in [0, 0.05) is 6.54 Å². The summed E-state index contributed by atoms with van der Waals surface area (Å²) >= 11 is 0. The van der Waals surface area contributed by atoms with Crippen LogP contribution in [0.3, 0.4) is 0 Å². The van der Waals surface area contributed by atoms with Gasteiger partial charge in [-0.25, -0.2) is 0 Å². The van der Waals surface area contributed by atoms with Gasteiger partial charge in [-0.05, 0) is 166 Å². The van der Waals surface area contributed by atoms with Gasteiger partial charge in [-0.1, -0.05) is 115 Å². The fraction of sp³-hybridized carbons (Fsp3) is 0.962. The molecule has 0 amide bonds. The first-order valence-corrected chi connectivity index (χ1v) is 25.9. The predicted octanol–water partition coefficient (Wildman–Crippen LogP) is 12.0. The zero-order valence-electron chi connectivity index (χ0n) is 43.0.